The van der Waals surface area contributed by atoms with Crippen molar-refractivity contribution in [1.29, 1.82) is 0 Å². The molecule has 2 aliphatic rings. The number of cyclic esters (lactones) is 1. The third-order valence-corrected chi connectivity index (χ3v) is 5.90. The molecule has 0 aliphatic carbocycles. The van der Waals surface area contributed by atoms with Gasteiger partial charge in [0.25, 0.3) is 0 Å². The van der Waals surface area contributed by atoms with Crippen LogP contribution < -0.4 is 10.2 Å². The summed E-state index contributed by atoms with van der Waals surface area (Å²) in [6.45, 7) is 4.51. The second-order valence-corrected chi connectivity index (χ2v) is 8.15. The summed E-state index contributed by atoms with van der Waals surface area (Å²) in [5.74, 6) is 0.626. The molecule has 2 N–H and O–H groups in total. The van der Waals surface area contributed by atoms with Crippen molar-refractivity contribution in [3.63, 3.8) is 0 Å². The average molecular weight is 458 g/mol. The number of nitrogens with one attached hydrogen (secondary N) is 1. The van der Waals surface area contributed by atoms with Crippen molar-refractivity contribution in [2.45, 2.75) is 25.6 Å². The topological polar surface area (TPSA) is 111 Å². The van der Waals surface area contributed by atoms with Gasteiger partial charge in [0.2, 0.25) is 5.95 Å². The Morgan fingerprint density at radius 1 is 1.24 bits per heavy atom. The van der Waals surface area contributed by atoms with E-state index in [1.54, 1.807) is 6.07 Å². The molecule has 0 saturated carbocycles. The molecule has 3 heterocycles. The summed E-state index contributed by atoms with van der Waals surface area (Å²) in [5, 5.41) is 12.3. The zero-order valence-electron chi connectivity index (χ0n) is 18.4. The number of alkyl halides is 1. The number of carbonyl (C=O) groups excluding carboxylic acids is 1. The zero-order chi connectivity index (χ0) is 23.4. The van der Waals surface area contributed by atoms with Crippen LogP contribution in [0.1, 0.15) is 24.1 Å². The summed E-state index contributed by atoms with van der Waals surface area (Å²) in [4.78, 5) is 36.5. The van der Waals surface area contributed by atoms with Crippen LogP contribution in [0.4, 0.5) is 25.7 Å². The first-order valence-electron chi connectivity index (χ1n) is 10.8. The molecule has 2 aliphatic heterocycles. The maximum atomic E-state index is 13.2. The maximum Gasteiger partial charge on any atom is 0.416 e. The molecule has 1 aromatic carbocycles. The van der Waals surface area contributed by atoms with Gasteiger partial charge in [0, 0.05) is 38.9 Å². The van der Waals surface area contributed by atoms with Gasteiger partial charge in [-0.3, -0.25) is 9.80 Å². The number of nitrogens with zero attached hydrogens (tertiary/aromatic N) is 5. The van der Waals surface area contributed by atoms with Crippen LogP contribution in [0.25, 0.3) is 0 Å². The smallest absolute Gasteiger partial charge is 0.416 e. The summed E-state index contributed by atoms with van der Waals surface area (Å²) in [7, 11) is 0. The number of piperazine rings is 1. The molecule has 11 heteroatoms. The average Bonchev–Trinajstić information content (AvgIpc) is 3.20. The van der Waals surface area contributed by atoms with Gasteiger partial charge in [-0.25, -0.2) is 19.0 Å². The van der Waals surface area contributed by atoms with Crippen LogP contribution in [-0.2, 0) is 11.3 Å². The summed E-state index contributed by atoms with van der Waals surface area (Å²) < 4.78 is 18.1. The minimum Gasteiger partial charge on any atom is -0.465 e. The predicted octanol–water partition coefficient (Wildman–Crippen LogP) is 2.74. The van der Waals surface area contributed by atoms with Crippen molar-refractivity contribution >= 4 is 24.0 Å². The predicted molar refractivity (Wildman–Crippen MR) is 119 cm³/mol. The van der Waals surface area contributed by atoms with E-state index in [-0.39, 0.29) is 12.6 Å². The van der Waals surface area contributed by atoms with Crippen LogP contribution in [0.15, 0.2) is 36.5 Å². The number of rotatable bonds is 7. The fourth-order valence-electron chi connectivity index (χ4n) is 3.95. The molecular formula is C22H27FN6O4. The summed E-state index contributed by atoms with van der Waals surface area (Å²) in [6, 6.07) is 8.94. The first-order valence-corrected chi connectivity index (χ1v) is 10.8. The van der Waals surface area contributed by atoms with Gasteiger partial charge >= 0.3 is 12.2 Å². The Balaban J connectivity index is 1.35. The Hall–Kier alpha value is -3.47. The van der Waals surface area contributed by atoms with Gasteiger partial charge in [-0.15, -0.1) is 0 Å². The van der Waals surface area contributed by atoms with Crippen LogP contribution in [0, 0.1) is 0 Å². The van der Waals surface area contributed by atoms with E-state index in [2.05, 4.69) is 32.3 Å². The van der Waals surface area contributed by atoms with Crippen molar-refractivity contribution in [2.24, 2.45) is 0 Å². The number of aromatic nitrogens is 2. The molecule has 2 aromatic rings. The summed E-state index contributed by atoms with van der Waals surface area (Å²) >= 11 is 0. The lowest BCUT2D eigenvalue weighted by atomic mass is 10.1. The van der Waals surface area contributed by atoms with Gasteiger partial charge in [0.1, 0.15) is 25.1 Å². The minimum atomic E-state index is -0.863. The van der Waals surface area contributed by atoms with E-state index >= 15 is 0 Å². The maximum absolute atomic E-state index is 13.2. The van der Waals surface area contributed by atoms with Crippen molar-refractivity contribution in [3.05, 3.63) is 47.7 Å². The van der Waals surface area contributed by atoms with Gasteiger partial charge in [-0.1, -0.05) is 24.3 Å². The Morgan fingerprint density at radius 2 is 1.97 bits per heavy atom. The first kappa shape index (κ1) is 22.7. The quantitative estimate of drug-likeness (QED) is 0.652. The van der Waals surface area contributed by atoms with Crippen molar-refractivity contribution in [2.75, 3.05) is 49.7 Å². The second-order valence-electron chi connectivity index (χ2n) is 8.15. The molecule has 2 amide bonds. The van der Waals surface area contributed by atoms with E-state index in [4.69, 9.17) is 9.84 Å². The van der Waals surface area contributed by atoms with E-state index in [0.29, 0.717) is 37.9 Å². The highest BCUT2D eigenvalue weighted by molar-refractivity contribution is 5.89. The van der Waals surface area contributed by atoms with Gasteiger partial charge < -0.3 is 20.1 Å². The molecule has 2 saturated heterocycles. The van der Waals surface area contributed by atoms with Gasteiger partial charge in [0.05, 0.1) is 6.04 Å². The number of benzene rings is 1. The van der Waals surface area contributed by atoms with Crippen LogP contribution in [0.3, 0.4) is 0 Å². The lowest BCUT2D eigenvalue weighted by Crippen LogP contribution is -2.47. The molecule has 176 valence electrons. The van der Waals surface area contributed by atoms with Crippen molar-refractivity contribution in [1.82, 2.24) is 19.8 Å². The molecule has 0 bridgehead atoms. The Labute approximate surface area is 191 Å². The number of hydrogen-bond donors (Lipinski definition) is 2. The lowest BCUT2D eigenvalue weighted by Gasteiger charge is -2.33. The van der Waals surface area contributed by atoms with E-state index in [0.717, 1.165) is 17.7 Å². The molecule has 10 nitrogen and oxygen atoms in total. The summed E-state index contributed by atoms with van der Waals surface area (Å²) in [5.41, 5.74) is 2.18. The second kappa shape index (κ2) is 9.99. The van der Waals surface area contributed by atoms with E-state index in [9.17, 15) is 14.0 Å². The molecule has 0 spiro atoms. The number of halogens is 1. The number of ether oxygens (including phenoxy) is 1. The molecule has 2 fully saturated rings. The molecule has 0 radical (unpaired) electrons. The zero-order valence-corrected chi connectivity index (χ0v) is 18.4. The minimum absolute atomic E-state index is 0.0000925. The highest BCUT2D eigenvalue weighted by atomic mass is 19.1. The highest BCUT2D eigenvalue weighted by Crippen LogP contribution is 2.24. The first-order chi connectivity index (χ1) is 15.9. The van der Waals surface area contributed by atoms with Crippen molar-refractivity contribution in [3.8, 4) is 0 Å². The van der Waals surface area contributed by atoms with Gasteiger partial charge in [0.15, 0.2) is 0 Å². The fraction of sp³-hybridized carbons (Fsp3) is 0.455. The largest absolute Gasteiger partial charge is 0.465 e. The van der Waals surface area contributed by atoms with Crippen LogP contribution in [-0.4, -0.2) is 82.6 Å². The van der Waals surface area contributed by atoms with Gasteiger partial charge in [-0.2, -0.15) is 4.98 Å². The Morgan fingerprint density at radius 3 is 2.64 bits per heavy atom. The van der Waals surface area contributed by atoms with E-state index in [1.807, 2.05) is 19.1 Å². The molecule has 33 heavy (non-hydrogen) atoms. The number of amides is 2. The van der Waals surface area contributed by atoms with Crippen LogP contribution in [0.2, 0.25) is 0 Å². The summed E-state index contributed by atoms with van der Waals surface area (Å²) in [6.07, 6.45) is 0.0405. The molecule has 2 atom stereocenters. The number of carboxylic acid groups (broad SMARTS) is 1. The highest BCUT2D eigenvalue weighted by Gasteiger charge is 2.35. The van der Waals surface area contributed by atoms with E-state index in [1.165, 1.54) is 16.0 Å². The lowest BCUT2D eigenvalue weighted by molar-refractivity contribution is 0.103. The number of hydrogen-bond acceptors (Lipinski definition) is 7. The SMILES string of the molecule is C[C@H](Nc1nccc(N2C(=O)OC[C@@H]2CF)n1)c1ccc(CN2CCN(C(=O)O)CC2)cc1. The van der Waals surface area contributed by atoms with E-state index < -0.39 is 24.9 Å². The fourth-order valence-corrected chi connectivity index (χ4v) is 3.95. The Bertz CT molecular complexity index is 983. The third kappa shape index (κ3) is 5.30. The molecule has 4 rings (SSSR count). The monoisotopic (exact) mass is 458 g/mol. The molecule has 1 aromatic heterocycles. The van der Waals surface area contributed by atoms with Crippen LogP contribution >= 0.6 is 0 Å². The molecular weight excluding hydrogens is 431 g/mol. The standard InChI is InChI=1S/C22H27FN6O4/c1-15(25-20-24-7-6-19(26-20)29-18(12-23)14-33-22(29)32)17-4-2-16(3-5-17)13-27-8-10-28(11-9-27)21(30)31/h2-7,15,18H,8-14H2,1H3,(H,30,31)(H,24,25,26)/t15-,18-/m0/s1. The third-order valence-electron chi connectivity index (χ3n) is 5.90. The Kier molecular flexibility index (Phi) is 6.87. The number of carbonyl (C=O) groups is 2. The van der Waals surface area contributed by atoms with Crippen molar-refractivity contribution < 1.29 is 23.8 Å². The number of anilines is 2. The molecule has 0 unspecified atom stereocenters. The van der Waals surface area contributed by atoms with Gasteiger partial charge in [-0.05, 0) is 24.1 Å². The van der Waals surface area contributed by atoms with Crippen LogP contribution in [0.5, 0.6) is 0 Å². The normalized spacial score (nSPS) is 19.9.